The van der Waals surface area contributed by atoms with E-state index in [0.717, 1.165) is 42.5 Å². The number of ether oxygens (including phenoxy) is 2. The maximum absolute atomic E-state index is 11.7. The van der Waals surface area contributed by atoms with E-state index in [2.05, 4.69) is 41.4 Å². The molecule has 2 aliphatic rings. The summed E-state index contributed by atoms with van der Waals surface area (Å²) in [5.74, 6) is 0.683. The first-order valence-corrected chi connectivity index (χ1v) is 8.87. The van der Waals surface area contributed by atoms with Crippen molar-refractivity contribution < 1.29 is 14.3 Å². The van der Waals surface area contributed by atoms with Crippen molar-refractivity contribution in [3.8, 4) is 5.75 Å². The van der Waals surface area contributed by atoms with Crippen molar-refractivity contribution in [2.24, 2.45) is 0 Å². The van der Waals surface area contributed by atoms with Gasteiger partial charge >= 0.3 is 0 Å². The Labute approximate surface area is 153 Å². The van der Waals surface area contributed by atoms with Gasteiger partial charge in [-0.1, -0.05) is 0 Å². The fourth-order valence-corrected chi connectivity index (χ4v) is 3.33. The van der Waals surface area contributed by atoms with Gasteiger partial charge in [-0.05, 0) is 43.3 Å². The Bertz CT molecular complexity index is 806. The average Bonchev–Trinajstić information content (AvgIpc) is 2.65. The van der Waals surface area contributed by atoms with Crippen molar-refractivity contribution in [2.45, 2.75) is 13.0 Å². The zero-order valence-electron chi connectivity index (χ0n) is 15.1. The van der Waals surface area contributed by atoms with Crippen LogP contribution in [0.2, 0.25) is 0 Å². The van der Waals surface area contributed by atoms with Crippen LogP contribution in [0.1, 0.15) is 6.92 Å². The molecule has 0 aliphatic carbocycles. The number of carbonyl (C=O) groups is 1. The van der Waals surface area contributed by atoms with Crippen molar-refractivity contribution >= 4 is 28.7 Å². The van der Waals surface area contributed by atoms with Crippen molar-refractivity contribution in [2.75, 3.05) is 48.5 Å². The highest BCUT2D eigenvalue weighted by atomic mass is 16.5. The second kappa shape index (κ2) is 6.88. The van der Waals surface area contributed by atoms with Gasteiger partial charge in [0.05, 0.1) is 18.4 Å². The molecule has 6 nitrogen and oxygen atoms in total. The van der Waals surface area contributed by atoms with E-state index < -0.39 is 0 Å². The van der Waals surface area contributed by atoms with E-state index in [0.29, 0.717) is 0 Å². The molecular weight excluding hydrogens is 330 g/mol. The molecule has 1 N–H and O–H groups in total. The van der Waals surface area contributed by atoms with E-state index in [-0.39, 0.29) is 18.6 Å². The molecule has 1 amide bonds. The molecule has 2 aromatic carbocycles. The molecule has 4 rings (SSSR count). The van der Waals surface area contributed by atoms with Gasteiger partial charge in [0.25, 0.3) is 5.91 Å². The monoisotopic (exact) mass is 353 g/mol. The van der Waals surface area contributed by atoms with Crippen molar-refractivity contribution in [1.29, 1.82) is 0 Å². The lowest BCUT2D eigenvalue weighted by atomic mass is 10.2. The van der Waals surface area contributed by atoms with Gasteiger partial charge in [0, 0.05) is 43.3 Å². The number of anilines is 4. The Morgan fingerprint density at radius 2 is 1.88 bits per heavy atom. The average molecular weight is 353 g/mol. The number of nitrogens with one attached hydrogen (secondary N) is 1. The summed E-state index contributed by atoms with van der Waals surface area (Å²) in [6, 6.07) is 14.2. The highest BCUT2D eigenvalue weighted by Crippen LogP contribution is 2.34. The van der Waals surface area contributed by atoms with Crippen LogP contribution in [0.5, 0.6) is 5.75 Å². The minimum atomic E-state index is -0.0359. The first-order valence-electron chi connectivity index (χ1n) is 8.87. The molecule has 1 saturated heterocycles. The van der Waals surface area contributed by atoms with Gasteiger partial charge in [-0.3, -0.25) is 4.79 Å². The smallest absolute Gasteiger partial charge is 0.264 e. The SMILES string of the molecule is CC1CN(c2ccc(Nc3ccc4c(c3)OCC(=O)N4C)cc2)CCO1. The zero-order valence-corrected chi connectivity index (χ0v) is 15.1. The molecule has 1 unspecified atom stereocenters. The largest absolute Gasteiger partial charge is 0.481 e. The second-order valence-corrected chi connectivity index (χ2v) is 6.72. The Morgan fingerprint density at radius 3 is 2.65 bits per heavy atom. The number of hydrogen-bond donors (Lipinski definition) is 1. The molecule has 2 heterocycles. The fraction of sp³-hybridized carbons (Fsp3) is 0.350. The van der Waals surface area contributed by atoms with E-state index in [1.54, 1.807) is 11.9 Å². The molecule has 0 bridgehead atoms. The summed E-state index contributed by atoms with van der Waals surface area (Å²) in [5, 5.41) is 3.39. The Hall–Kier alpha value is -2.73. The summed E-state index contributed by atoms with van der Waals surface area (Å²) in [7, 11) is 1.77. The molecule has 2 aromatic rings. The zero-order chi connectivity index (χ0) is 18.1. The van der Waals surface area contributed by atoms with Crippen LogP contribution in [0.4, 0.5) is 22.7 Å². The van der Waals surface area contributed by atoms with Crippen LogP contribution >= 0.6 is 0 Å². The lowest BCUT2D eigenvalue weighted by Crippen LogP contribution is -2.41. The highest BCUT2D eigenvalue weighted by Gasteiger charge is 2.22. The van der Waals surface area contributed by atoms with Gasteiger partial charge in [-0.15, -0.1) is 0 Å². The van der Waals surface area contributed by atoms with Crippen LogP contribution in [0.25, 0.3) is 0 Å². The van der Waals surface area contributed by atoms with Gasteiger partial charge in [-0.25, -0.2) is 0 Å². The molecule has 0 saturated carbocycles. The number of amides is 1. The third kappa shape index (κ3) is 3.32. The molecule has 136 valence electrons. The summed E-state index contributed by atoms with van der Waals surface area (Å²) in [6.07, 6.45) is 0.266. The van der Waals surface area contributed by atoms with Crippen molar-refractivity contribution in [1.82, 2.24) is 0 Å². The molecule has 0 aromatic heterocycles. The van der Waals surface area contributed by atoms with E-state index in [1.807, 2.05) is 18.2 Å². The minimum Gasteiger partial charge on any atom is -0.481 e. The van der Waals surface area contributed by atoms with Crippen LogP contribution in [0.15, 0.2) is 42.5 Å². The third-order valence-corrected chi connectivity index (χ3v) is 4.81. The van der Waals surface area contributed by atoms with Gasteiger partial charge in [-0.2, -0.15) is 0 Å². The molecule has 6 heteroatoms. The number of hydrogen-bond acceptors (Lipinski definition) is 5. The standard InChI is InChI=1S/C20H23N3O3/c1-14-12-23(9-10-25-14)17-6-3-15(4-7-17)21-16-5-8-18-19(11-16)26-13-20(24)22(18)2/h3-8,11,14,21H,9-10,12-13H2,1-2H3. The summed E-state index contributed by atoms with van der Waals surface area (Å²) >= 11 is 0. The van der Waals surface area contributed by atoms with E-state index >= 15 is 0 Å². The molecular formula is C20H23N3O3. The Morgan fingerprint density at radius 1 is 1.12 bits per heavy atom. The van der Waals surface area contributed by atoms with Gasteiger partial charge in [0.15, 0.2) is 6.61 Å². The molecule has 1 fully saturated rings. The van der Waals surface area contributed by atoms with E-state index in [4.69, 9.17) is 9.47 Å². The van der Waals surface area contributed by atoms with Crippen molar-refractivity contribution in [3.05, 3.63) is 42.5 Å². The molecule has 1 atom stereocenters. The number of likely N-dealkylation sites (N-methyl/N-ethyl adjacent to an activating group) is 1. The first kappa shape index (κ1) is 16.7. The van der Waals surface area contributed by atoms with Crippen LogP contribution in [-0.4, -0.2) is 45.4 Å². The maximum Gasteiger partial charge on any atom is 0.264 e. The fourth-order valence-electron chi connectivity index (χ4n) is 3.33. The summed E-state index contributed by atoms with van der Waals surface area (Å²) in [6.45, 7) is 4.80. The number of benzene rings is 2. The second-order valence-electron chi connectivity index (χ2n) is 6.72. The van der Waals surface area contributed by atoms with Crippen molar-refractivity contribution in [3.63, 3.8) is 0 Å². The van der Waals surface area contributed by atoms with E-state index in [9.17, 15) is 4.79 Å². The maximum atomic E-state index is 11.7. The summed E-state index contributed by atoms with van der Waals surface area (Å²) in [5.41, 5.74) is 3.94. The highest BCUT2D eigenvalue weighted by molar-refractivity contribution is 5.97. The first-order chi connectivity index (χ1) is 12.6. The van der Waals surface area contributed by atoms with E-state index in [1.165, 1.54) is 5.69 Å². The molecule has 26 heavy (non-hydrogen) atoms. The van der Waals surface area contributed by atoms with Crippen LogP contribution in [-0.2, 0) is 9.53 Å². The predicted octanol–water partition coefficient (Wildman–Crippen LogP) is 3.01. The normalized spacial score (nSPS) is 19.8. The lowest BCUT2D eigenvalue weighted by molar-refractivity contribution is -0.120. The number of rotatable bonds is 3. The van der Waals surface area contributed by atoms with Gasteiger partial charge in [0.1, 0.15) is 5.75 Å². The number of nitrogens with zero attached hydrogens (tertiary/aromatic N) is 2. The van der Waals surface area contributed by atoms with Gasteiger partial charge in [0.2, 0.25) is 0 Å². The predicted molar refractivity (Wildman–Crippen MR) is 103 cm³/mol. The van der Waals surface area contributed by atoms with Crippen LogP contribution < -0.4 is 19.9 Å². The van der Waals surface area contributed by atoms with Crippen LogP contribution in [0, 0.1) is 0 Å². The molecule has 0 spiro atoms. The van der Waals surface area contributed by atoms with Gasteiger partial charge < -0.3 is 24.6 Å². The minimum absolute atomic E-state index is 0.0359. The molecule has 0 radical (unpaired) electrons. The number of morpholine rings is 1. The summed E-state index contributed by atoms with van der Waals surface area (Å²) in [4.78, 5) is 15.7. The third-order valence-electron chi connectivity index (χ3n) is 4.81. The Kier molecular flexibility index (Phi) is 4.42. The topological polar surface area (TPSA) is 54.0 Å². The Balaban J connectivity index is 1.47. The number of carbonyl (C=O) groups excluding carboxylic acids is 1. The summed E-state index contributed by atoms with van der Waals surface area (Å²) < 4.78 is 11.1. The quantitative estimate of drug-likeness (QED) is 0.919. The lowest BCUT2D eigenvalue weighted by Gasteiger charge is -2.33. The number of fused-ring (bicyclic) bond motifs is 1. The molecule has 2 aliphatic heterocycles. The van der Waals surface area contributed by atoms with Crippen LogP contribution in [0.3, 0.4) is 0 Å².